The van der Waals surface area contributed by atoms with Gasteiger partial charge in [0.15, 0.2) is 0 Å². The normalized spacial score (nSPS) is 10.3. The van der Waals surface area contributed by atoms with Crippen LogP contribution < -0.4 is 10.6 Å². The molecule has 104 valence electrons. The van der Waals surface area contributed by atoms with Crippen LogP contribution in [0.2, 0.25) is 0 Å². The summed E-state index contributed by atoms with van der Waals surface area (Å²) < 4.78 is 13.3. The Morgan fingerprint density at radius 3 is 2.60 bits per heavy atom. The van der Waals surface area contributed by atoms with E-state index < -0.39 is 0 Å². The maximum Gasteiger partial charge on any atom is 0.258 e. The van der Waals surface area contributed by atoms with Gasteiger partial charge < -0.3 is 10.6 Å². The Balaban J connectivity index is 2.36. The van der Waals surface area contributed by atoms with Crippen molar-refractivity contribution in [3.63, 3.8) is 0 Å². The number of nitrogen functional groups attached to an aromatic ring is 1. The van der Waals surface area contributed by atoms with Crippen molar-refractivity contribution in [2.75, 3.05) is 17.2 Å². The molecule has 0 radical (unpaired) electrons. The molecule has 2 aromatic rings. The number of nitrogens with two attached hydrogens (primary N) is 1. The van der Waals surface area contributed by atoms with Crippen molar-refractivity contribution >= 4 is 17.3 Å². The Hall–Kier alpha value is -2.36. The van der Waals surface area contributed by atoms with Gasteiger partial charge in [0.05, 0.1) is 0 Å². The van der Waals surface area contributed by atoms with Crippen LogP contribution in [0.3, 0.4) is 0 Å². The predicted octanol–water partition coefficient (Wildman–Crippen LogP) is 3.38. The molecule has 0 fully saturated rings. The van der Waals surface area contributed by atoms with Gasteiger partial charge in [0.1, 0.15) is 5.82 Å². The summed E-state index contributed by atoms with van der Waals surface area (Å²) in [5.74, 6) is -0.525. The molecule has 0 unspecified atom stereocenters. The minimum atomic E-state index is -0.359. The number of hydrogen-bond acceptors (Lipinski definition) is 2. The highest BCUT2D eigenvalue weighted by Crippen LogP contribution is 2.20. The summed E-state index contributed by atoms with van der Waals surface area (Å²) in [6, 6.07) is 11.2. The summed E-state index contributed by atoms with van der Waals surface area (Å²) >= 11 is 0. The third-order valence-electron chi connectivity index (χ3n) is 3.20. The highest BCUT2D eigenvalue weighted by Gasteiger charge is 2.16. The third-order valence-corrected chi connectivity index (χ3v) is 3.20. The molecule has 0 spiro atoms. The largest absolute Gasteiger partial charge is 0.399 e. The lowest BCUT2D eigenvalue weighted by atomic mass is 10.1. The van der Waals surface area contributed by atoms with E-state index in [1.54, 1.807) is 30.3 Å². The van der Waals surface area contributed by atoms with Gasteiger partial charge in [0.25, 0.3) is 5.91 Å². The lowest BCUT2D eigenvalue weighted by Crippen LogP contribution is -2.30. The second-order valence-electron chi connectivity index (χ2n) is 4.60. The molecule has 2 aromatic carbocycles. The molecule has 0 aliphatic heterocycles. The molecule has 2 N–H and O–H groups in total. The summed E-state index contributed by atoms with van der Waals surface area (Å²) in [6.07, 6.45) is 0. The Bertz CT molecular complexity index is 640. The maximum atomic E-state index is 13.3. The van der Waals surface area contributed by atoms with E-state index in [-0.39, 0.29) is 11.7 Å². The van der Waals surface area contributed by atoms with Crippen LogP contribution in [0.4, 0.5) is 15.8 Å². The smallest absolute Gasteiger partial charge is 0.258 e. The number of anilines is 2. The van der Waals surface area contributed by atoms with Crippen molar-refractivity contribution in [2.24, 2.45) is 0 Å². The molecular weight excluding hydrogens is 255 g/mol. The second kappa shape index (κ2) is 5.74. The summed E-state index contributed by atoms with van der Waals surface area (Å²) in [6.45, 7) is 4.17. The van der Waals surface area contributed by atoms with E-state index in [0.29, 0.717) is 23.5 Å². The predicted molar refractivity (Wildman–Crippen MR) is 79.3 cm³/mol. The number of carbonyl (C=O) groups excluding carboxylic acids is 1. The Labute approximate surface area is 117 Å². The van der Waals surface area contributed by atoms with Gasteiger partial charge in [0.2, 0.25) is 0 Å². The lowest BCUT2D eigenvalue weighted by Gasteiger charge is -2.21. The summed E-state index contributed by atoms with van der Waals surface area (Å²) in [5.41, 5.74) is 8.35. The molecule has 0 heterocycles. The van der Waals surface area contributed by atoms with E-state index in [2.05, 4.69) is 0 Å². The van der Waals surface area contributed by atoms with E-state index in [9.17, 15) is 9.18 Å². The van der Waals surface area contributed by atoms with E-state index in [1.165, 1.54) is 17.0 Å². The van der Waals surface area contributed by atoms with E-state index in [4.69, 9.17) is 5.73 Å². The first-order chi connectivity index (χ1) is 9.52. The first kappa shape index (κ1) is 14.1. The van der Waals surface area contributed by atoms with Gasteiger partial charge in [-0.25, -0.2) is 4.39 Å². The molecule has 20 heavy (non-hydrogen) atoms. The molecule has 0 saturated carbocycles. The first-order valence-electron chi connectivity index (χ1n) is 6.46. The van der Waals surface area contributed by atoms with Crippen LogP contribution >= 0.6 is 0 Å². The number of rotatable bonds is 3. The van der Waals surface area contributed by atoms with Gasteiger partial charge >= 0.3 is 0 Å². The van der Waals surface area contributed by atoms with Gasteiger partial charge in [-0.15, -0.1) is 0 Å². The van der Waals surface area contributed by atoms with Crippen LogP contribution in [0.5, 0.6) is 0 Å². The molecule has 4 heteroatoms. The first-order valence-corrected chi connectivity index (χ1v) is 6.46. The topological polar surface area (TPSA) is 46.3 Å². The monoisotopic (exact) mass is 272 g/mol. The molecule has 2 rings (SSSR count). The number of amides is 1. The van der Waals surface area contributed by atoms with Crippen LogP contribution in [-0.2, 0) is 0 Å². The van der Waals surface area contributed by atoms with Gasteiger partial charge in [-0.05, 0) is 55.8 Å². The van der Waals surface area contributed by atoms with Crippen LogP contribution in [0.25, 0.3) is 0 Å². The number of benzene rings is 2. The number of carbonyl (C=O) groups is 1. The Kier molecular flexibility index (Phi) is 4.03. The highest BCUT2D eigenvalue weighted by molar-refractivity contribution is 6.06. The fourth-order valence-electron chi connectivity index (χ4n) is 2.05. The van der Waals surface area contributed by atoms with Crippen LogP contribution in [-0.4, -0.2) is 12.5 Å². The van der Waals surface area contributed by atoms with Gasteiger partial charge in [-0.2, -0.15) is 0 Å². The summed E-state index contributed by atoms with van der Waals surface area (Å²) in [4.78, 5) is 14.0. The van der Waals surface area contributed by atoms with Crippen molar-refractivity contribution in [3.8, 4) is 0 Å². The fourth-order valence-corrected chi connectivity index (χ4v) is 2.05. The Morgan fingerprint density at radius 2 is 2.00 bits per heavy atom. The quantitative estimate of drug-likeness (QED) is 0.871. The molecule has 0 aliphatic carbocycles. The molecule has 0 aromatic heterocycles. The SMILES string of the molecule is CCN(C(=O)c1ccc(N)c(C)c1)c1cccc(F)c1. The van der Waals surface area contributed by atoms with Gasteiger partial charge in [-0.1, -0.05) is 6.07 Å². The summed E-state index contributed by atoms with van der Waals surface area (Å²) in [5, 5.41) is 0. The maximum absolute atomic E-state index is 13.3. The average molecular weight is 272 g/mol. The molecular formula is C16H17FN2O. The Morgan fingerprint density at radius 1 is 1.25 bits per heavy atom. The number of hydrogen-bond donors (Lipinski definition) is 1. The zero-order chi connectivity index (χ0) is 14.7. The van der Waals surface area contributed by atoms with Crippen LogP contribution in [0.1, 0.15) is 22.8 Å². The average Bonchev–Trinajstić information content (AvgIpc) is 2.42. The minimum absolute atomic E-state index is 0.166. The number of nitrogens with zero attached hydrogens (tertiary/aromatic N) is 1. The van der Waals surface area contributed by atoms with Crippen LogP contribution in [0.15, 0.2) is 42.5 Å². The van der Waals surface area contributed by atoms with Crippen molar-refractivity contribution in [2.45, 2.75) is 13.8 Å². The van der Waals surface area contributed by atoms with Gasteiger partial charge in [0, 0.05) is 23.5 Å². The molecule has 3 nitrogen and oxygen atoms in total. The van der Waals surface area contributed by atoms with Crippen molar-refractivity contribution in [1.82, 2.24) is 0 Å². The zero-order valence-electron chi connectivity index (χ0n) is 11.6. The summed E-state index contributed by atoms with van der Waals surface area (Å²) in [7, 11) is 0. The second-order valence-corrected chi connectivity index (χ2v) is 4.60. The number of halogens is 1. The molecule has 1 amide bonds. The molecule has 0 bridgehead atoms. The van der Waals surface area contributed by atoms with E-state index in [1.807, 2.05) is 13.8 Å². The number of aryl methyl sites for hydroxylation is 1. The lowest BCUT2D eigenvalue weighted by molar-refractivity contribution is 0.0988. The van der Waals surface area contributed by atoms with Gasteiger partial charge in [-0.3, -0.25) is 4.79 Å². The molecule has 0 aliphatic rings. The highest BCUT2D eigenvalue weighted by atomic mass is 19.1. The standard InChI is InChI=1S/C16H17FN2O/c1-3-19(14-6-4-5-13(17)10-14)16(20)12-7-8-15(18)11(2)9-12/h4-10H,3,18H2,1-2H3. The molecule has 0 saturated heterocycles. The minimum Gasteiger partial charge on any atom is -0.399 e. The van der Waals surface area contributed by atoms with Crippen molar-refractivity contribution < 1.29 is 9.18 Å². The van der Waals surface area contributed by atoms with E-state index in [0.717, 1.165) is 5.56 Å². The van der Waals surface area contributed by atoms with Crippen molar-refractivity contribution in [1.29, 1.82) is 0 Å². The van der Waals surface area contributed by atoms with E-state index >= 15 is 0 Å². The molecule has 0 atom stereocenters. The zero-order valence-corrected chi connectivity index (χ0v) is 11.6. The third kappa shape index (κ3) is 2.79. The van der Waals surface area contributed by atoms with Crippen LogP contribution in [0, 0.1) is 12.7 Å². The fraction of sp³-hybridized carbons (Fsp3) is 0.188. The van der Waals surface area contributed by atoms with Crippen molar-refractivity contribution in [3.05, 3.63) is 59.4 Å².